The summed E-state index contributed by atoms with van der Waals surface area (Å²) < 4.78 is 10.9. The Morgan fingerprint density at radius 2 is 1.97 bits per heavy atom. The summed E-state index contributed by atoms with van der Waals surface area (Å²) in [4.78, 5) is 21.5. The van der Waals surface area contributed by atoms with Crippen LogP contribution in [0.15, 0.2) is 30.5 Å². The van der Waals surface area contributed by atoms with Gasteiger partial charge in [0.25, 0.3) is 5.91 Å². The number of pyridine rings is 1. The summed E-state index contributed by atoms with van der Waals surface area (Å²) in [5, 5.41) is 0.403. The van der Waals surface area contributed by atoms with Crippen LogP contribution < -0.4 is 4.74 Å². The van der Waals surface area contributed by atoms with E-state index in [1.165, 1.54) is 16.7 Å². The second-order valence-electron chi connectivity index (χ2n) is 8.49. The van der Waals surface area contributed by atoms with Gasteiger partial charge in [0.05, 0.1) is 12.2 Å². The molecule has 2 saturated heterocycles. The van der Waals surface area contributed by atoms with E-state index in [2.05, 4.69) is 42.8 Å². The maximum atomic E-state index is 12.9. The number of hydrogen-bond donors (Lipinski definition) is 0. The normalized spacial score (nSPS) is 21.5. The summed E-state index contributed by atoms with van der Waals surface area (Å²) in [7, 11) is 1.68. The number of rotatable bonds is 7. The van der Waals surface area contributed by atoms with Crippen molar-refractivity contribution in [2.24, 2.45) is 0 Å². The lowest BCUT2D eigenvalue weighted by molar-refractivity contribution is 0.0568. The fourth-order valence-corrected chi connectivity index (χ4v) is 5.04. The van der Waals surface area contributed by atoms with Crippen molar-refractivity contribution in [3.63, 3.8) is 0 Å². The van der Waals surface area contributed by atoms with E-state index < -0.39 is 0 Å². The van der Waals surface area contributed by atoms with Crippen LogP contribution in [0.25, 0.3) is 0 Å². The maximum absolute atomic E-state index is 12.9. The van der Waals surface area contributed by atoms with Gasteiger partial charge in [-0.3, -0.25) is 9.69 Å². The van der Waals surface area contributed by atoms with E-state index in [0.29, 0.717) is 30.0 Å². The number of nitrogens with zero attached hydrogens (tertiary/aromatic N) is 3. The zero-order valence-electron chi connectivity index (χ0n) is 18.6. The molecule has 166 valence electrons. The molecule has 2 aliphatic rings. The van der Waals surface area contributed by atoms with Gasteiger partial charge in [0.2, 0.25) is 0 Å². The van der Waals surface area contributed by atoms with Crippen LogP contribution in [0, 0.1) is 13.8 Å². The standard InChI is InChI=1S/C24H30ClN3O3/c1-15-16(2)22(31-10-9-30-4)7-6-21(15)17(3)27-13-20-11-19(27)14-28(20)24(29)18-5-8-23(25)26-12-18/h5-8,12,17,19-20H,9-11,13-14H2,1-4H3/t17-,19+,20+/m0/s1. The fraction of sp³-hybridized carbons (Fsp3) is 0.500. The van der Waals surface area contributed by atoms with Gasteiger partial charge in [-0.2, -0.15) is 0 Å². The minimum atomic E-state index is 0.0496. The molecule has 1 amide bonds. The Labute approximate surface area is 189 Å². The van der Waals surface area contributed by atoms with Crippen LogP contribution in [-0.4, -0.2) is 66.2 Å². The first-order valence-electron chi connectivity index (χ1n) is 10.8. The lowest BCUT2D eigenvalue weighted by Gasteiger charge is -2.38. The molecule has 0 radical (unpaired) electrons. The molecule has 0 spiro atoms. The number of fused-ring (bicyclic) bond motifs is 2. The quantitative estimate of drug-likeness (QED) is 0.477. The van der Waals surface area contributed by atoms with Crippen molar-refractivity contribution < 1.29 is 14.3 Å². The second kappa shape index (κ2) is 9.15. The highest BCUT2D eigenvalue weighted by Gasteiger charge is 2.47. The molecular weight excluding hydrogens is 414 g/mol. The van der Waals surface area contributed by atoms with Crippen LogP contribution in [0.2, 0.25) is 5.15 Å². The first kappa shape index (κ1) is 22.1. The number of piperazine rings is 1. The zero-order valence-corrected chi connectivity index (χ0v) is 19.4. The third-order valence-corrected chi connectivity index (χ3v) is 7.01. The van der Waals surface area contributed by atoms with Crippen LogP contribution in [0.5, 0.6) is 5.75 Å². The molecule has 4 rings (SSSR count). The average molecular weight is 444 g/mol. The van der Waals surface area contributed by atoms with E-state index in [0.717, 1.165) is 25.3 Å². The molecule has 0 unspecified atom stereocenters. The van der Waals surface area contributed by atoms with Gasteiger partial charge in [-0.05, 0) is 62.1 Å². The Morgan fingerprint density at radius 3 is 2.61 bits per heavy atom. The van der Waals surface area contributed by atoms with Gasteiger partial charge >= 0.3 is 0 Å². The lowest BCUT2D eigenvalue weighted by atomic mass is 9.96. The third kappa shape index (κ3) is 4.29. The van der Waals surface area contributed by atoms with Gasteiger partial charge in [-0.15, -0.1) is 0 Å². The average Bonchev–Trinajstić information content (AvgIpc) is 3.38. The minimum absolute atomic E-state index is 0.0496. The van der Waals surface area contributed by atoms with Crippen molar-refractivity contribution in [3.8, 4) is 5.75 Å². The Kier molecular flexibility index (Phi) is 6.51. The van der Waals surface area contributed by atoms with E-state index in [9.17, 15) is 4.79 Å². The lowest BCUT2D eigenvalue weighted by Crippen LogP contribution is -2.49. The summed E-state index contributed by atoms with van der Waals surface area (Å²) in [5.41, 5.74) is 4.37. The van der Waals surface area contributed by atoms with E-state index >= 15 is 0 Å². The molecule has 3 heterocycles. The Morgan fingerprint density at radius 1 is 1.16 bits per heavy atom. The minimum Gasteiger partial charge on any atom is -0.491 e. The van der Waals surface area contributed by atoms with Gasteiger partial charge in [0.1, 0.15) is 17.5 Å². The van der Waals surface area contributed by atoms with Gasteiger partial charge in [-0.1, -0.05) is 17.7 Å². The number of methoxy groups -OCH3 is 1. The Bertz CT molecular complexity index is 950. The van der Waals surface area contributed by atoms with E-state index in [1.54, 1.807) is 25.4 Å². The predicted octanol–water partition coefficient (Wildman–Crippen LogP) is 4.04. The molecule has 7 heteroatoms. The number of ether oxygens (including phenoxy) is 2. The maximum Gasteiger partial charge on any atom is 0.255 e. The van der Waals surface area contributed by atoms with E-state index in [-0.39, 0.29) is 18.0 Å². The molecule has 0 N–H and O–H groups in total. The molecular formula is C24H30ClN3O3. The van der Waals surface area contributed by atoms with Crippen LogP contribution >= 0.6 is 11.6 Å². The molecule has 0 saturated carbocycles. The highest BCUT2D eigenvalue weighted by atomic mass is 35.5. The summed E-state index contributed by atoms with van der Waals surface area (Å²) in [6.45, 7) is 9.33. The summed E-state index contributed by atoms with van der Waals surface area (Å²) in [5.74, 6) is 0.968. The van der Waals surface area contributed by atoms with Crippen molar-refractivity contribution in [1.29, 1.82) is 0 Å². The molecule has 1 aromatic carbocycles. The number of aromatic nitrogens is 1. The first-order chi connectivity index (χ1) is 14.9. The van der Waals surface area contributed by atoms with Gasteiger partial charge in [0, 0.05) is 44.5 Å². The molecule has 31 heavy (non-hydrogen) atoms. The molecule has 6 nitrogen and oxygen atoms in total. The van der Waals surface area contributed by atoms with Gasteiger partial charge < -0.3 is 14.4 Å². The SMILES string of the molecule is COCCOc1ccc([C@H](C)N2C[C@H]3C[C@@H]2CN3C(=O)c2ccc(Cl)nc2)c(C)c1C. The zero-order chi connectivity index (χ0) is 22.1. The first-order valence-corrected chi connectivity index (χ1v) is 11.2. The number of carbonyl (C=O) groups is 1. The number of benzene rings is 1. The highest BCUT2D eigenvalue weighted by Crippen LogP contribution is 2.39. The van der Waals surface area contributed by atoms with Crippen molar-refractivity contribution in [2.75, 3.05) is 33.4 Å². The van der Waals surface area contributed by atoms with Crippen LogP contribution in [0.3, 0.4) is 0 Å². The summed E-state index contributed by atoms with van der Waals surface area (Å²) in [6.07, 6.45) is 2.59. The summed E-state index contributed by atoms with van der Waals surface area (Å²) in [6, 6.07) is 8.59. The van der Waals surface area contributed by atoms with Crippen molar-refractivity contribution in [3.05, 3.63) is 57.9 Å². The predicted molar refractivity (Wildman–Crippen MR) is 121 cm³/mol. The summed E-state index contributed by atoms with van der Waals surface area (Å²) >= 11 is 5.86. The van der Waals surface area contributed by atoms with E-state index in [4.69, 9.17) is 21.1 Å². The number of amides is 1. The molecule has 2 aromatic rings. The van der Waals surface area contributed by atoms with Crippen molar-refractivity contribution in [2.45, 2.75) is 45.3 Å². The number of likely N-dealkylation sites (tertiary alicyclic amines) is 2. The molecule has 3 atom stereocenters. The third-order valence-electron chi connectivity index (χ3n) is 6.79. The van der Waals surface area contributed by atoms with Crippen LogP contribution in [-0.2, 0) is 4.74 Å². The van der Waals surface area contributed by atoms with Gasteiger partial charge in [-0.25, -0.2) is 4.98 Å². The van der Waals surface area contributed by atoms with Gasteiger partial charge in [0.15, 0.2) is 0 Å². The molecule has 2 bridgehead atoms. The molecule has 2 fully saturated rings. The van der Waals surface area contributed by atoms with Crippen LogP contribution in [0.1, 0.15) is 46.4 Å². The molecule has 2 aliphatic heterocycles. The number of carbonyl (C=O) groups excluding carboxylic acids is 1. The number of halogens is 1. The van der Waals surface area contributed by atoms with Crippen LogP contribution in [0.4, 0.5) is 0 Å². The second-order valence-corrected chi connectivity index (χ2v) is 8.87. The van der Waals surface area contributed by atoms with Crippen molar-refractivity contribution in [1.82, 2.24) is 14.8 Å². The molecule has 1 aromatic heterocycles. The monoisotopic (exact) mass is 443 g/mol. The Balaban J connectivity index is 1.44. The Hall–Kier alpha value is -2.15. The number of hydrogen-bond acceptors (Lipinski definition) is 5. The largest absolute Gasteiger partial charge is 0.491 e. The van der Waals surface area contributed by atoms with E-state index in [1.807, 2.05) is 4.90 Å². The molecule has 0 aliphatic carbocycles. The highest BCUT2D eigenvalue weighted by molar-refractivity contribution is 6.29. The fourth-order valence-electron chi connectivity index (χ4n) is 4.93. The topological polar surface area (TPSA) is 54.9 Å². The van der Waals surface area contributed by atoms with Crippen molar-refractivity contribution >= 4 is 17.5 Å². The smallest absolute Gasteiger partial charge is 0.255 e.